The maximum Gasteiger partial charge on any atom is 0.304 e. The minimum atomic E-state index is -0.739. The highest BCUT2D eigenvalue weighted by atomic mass is 16.5. The predicted octanol–water partition coefficient (Wildman–Crippen LogP) is 1.01. The van der Waals surface area contributed by atoms with Gasteiger partial charge in [0.1, 0.15) is 0 Å². The Bertz CT molecular complexity index is 184. The first-order chi connectivity index (χ1) is 6.72. The Morgan fingerprint density at radius 2 is 2.43 bits per heavy atom. The molecule has 0 spiro atoms. The molecular weight excluding hydrogens is 182 g/mol. The summed E-state index contributed by atoms with van der Waals surface area (Å²) in [5, 5.41) is 11.7. The van der Waals surface area contributed by atoms with Gasteiger partial charge in [-0.1, -0.05) is 6.92 Å². The predicted molar refractivity (Wildman–Crippen MR) is 53.3 cm³/mol. The van der Waals surface area contributed by atoms with Crippen molar-refractivity contribution < 1.29 is 14.6 Å². The maximum atomic E-state index is 10.3. The van der Waals surface area contributed by atoms with Crippen LogP contribution in [0.25, 0.3) is 0 Å². The summed E-state index contributed by atoms with van der Waals surface area (Å²) in [5.74, 6) is -0.739. The molecule has 2 unspecified atom stereocenters. The van der Waals surface area contributed by atoms with Gasteiger partial charge in [0, 0.05) is 19.2 Å². The molecule has 2 atom stereocenters. The second kappa shape index (κ2) is 5.98. The van der Waals surface area contributed by atoms with Crippen molar-refractivity contribution in [2.45, 2.75) is 44.8 Å². The molecule has 4 heteroatoms. The highest BCUT2D eigenvalue weighted by Crippen LogP contribution is 2.15. The van der Waals surface area contributed by atoms with E-state index in [9.17, 15) is 4.79 Å². The van der Waals surface area contributed by atoms with Crippen LogP contribution in [0.1, 0.15) is 32.6 Å². The number of aliphatic carboxylic acids is 1. The number of ether oxygens (including phenoxy) is 1. The van der Waals surface area contributed by atoms with Crippen LogP contribution in [0, 0.1) is 0 Å². The van der Waals surface area contributed by atoms with E-state index in [1.165, 1.54) is 0 Å². The molecular formula is C10H19NO3. The summed E-state index contributed by atoms with van der Waals surface area (Å²) < 4.78 is 5.53. The highest BCUT2D eigenvalue weighted by molar-refractivity contribution is 5.66. The average Bonchev–Trinajstić information content (AvgIpc) is 2.18. The SMILES string of the molecule is CCC1CC(NCCC(=O)O)CCO1. The Hall–Kier alpha value is -0.610. The normalized spacial score (nSPS) is 27.5. The lowest BCUT2D eigenvalue weighted by molar-refractivity contribution is -0.136. The van der Waals surface area contributed by atoms with E-state index in [4.69, 9.17) is 9.84 Å². The van der Waals surface area contributed by atoms with Crippen molar-refractivity contribution in [2.75, 3.05) is 13.2 Å². The smallest absolute Gasteiger partial charge is 0.304 e. The molecule has 1 fully saturated rings. The summed E-state index contributed by atoms with van der Waals surface area (Å²) in [6, 6.07) is 0.438. The molecule has 0 amide bonds. The largest absolute Gasteiger partial charge is 0.481 e. The molecule has 0 aliphatic carbocycles. The topological polar surface area (TPSA) is 58.6 Å². The molecule has 4 nitrogen and oxygen atoms in total. The number of hydrogen-bond acceptors (Lipinski definition) is 3. The summed E-state index contributed by atoms with van der Waals surface area (Å²) in [7, 11) is 0. The van der Waals surface area contributed by atoms with Crippen LogP contribution in [-0.2, 0) is 9.53 Å². The van der Waals surface area contributed by atoms with Crippen LogP contribution in [-0.4, -0.2) is 36.4 Å². The van der Waals surface area contributed by atoms with Crippen LogP contribution >= 0.6 is 0 Å². The minimum absolute atomic E-state index is 0.203. The fraction of sp³-hybridized carbons (Fsp3) is 0.900. The third-order valence-electron chi connectivity index (χ3n) is 2.59. The lowest BCUT2D eigenvalue weighted by Gasteiger charge is -2.29. The molecule has 1 saturated heterocycles. The Kier molecular flexibility index (Phi) is 4.90. The minimum Gasteiger partial charge on any atom is -0.481 e. The quantitative estimate of drug-likeness (QED) is 0.697. The molecule has 14 heavy (non-hydrogen) atoms. The second-order valence-corrected chi connectivity index (χ2v) is 3.72. The van der Waals surface area contributed by atoms with Crippen LogP contribution < -0.4 is 5.32 Å². The van der Waals surface area contributed by atoms with E-state index in [1.807, 2.05) is 0 Å². The molecule has 1 aliphatic heterocycles. The number of nitrogens with one attached hydrogen (secondary N) is 1. The number of carboxylic acids is 1. The van der Waals surface area contributed by atoms with Crippen LogP contribution in [0.4, 0.5) is 0 Å². The monoisotopic (exact) mass is 201 g/mol. The fourth-order valence-corrected chi connectivity index (χ4v) is 1.73. The second-order valence-electron chi connectivity index (χ2n) is 3.72. The van der Waals surface area contributed by atoms with E-state index in [1.54, 1.807) is 0 Å². The van der Waals surface area contributed by atoms with Gasteiger partial charge in [0.05, 0.1) is 12.5 Å². The highest BCUT2D eigenvalue weighted by Gasteiger charge is 2.20. The Labute approximate surface area is 84.6 Å². The maximum absolute atomic E-state index is 10.3. The van der Waals surface area contributed by atoms with Crippen molar-refractivity contribution >= 4 is 5.97 Å². The average molecular weight is 201 g/mol. The zero-order valence-corrected chi connectivity index (χ0v) is 8.66. The third kappa shape index (κ3) is 4.07. The fourth-order valence-electron chi connectivity index (χ4n) is 1.73. The van der Waals surface area contributed by atoms with E-state index >= 15 is 0 Å². The van der Waals surface area contributed by atoms with Gasteiger partial charge in [-0.15, -0.1) is 0 Å². The number of rotatable bonds is 5. The van der Waals surface area contributed by atoms with Crippen LogP contribution in [0.2, 0.25) is 0 Å². The van der Waals surface area contributed by atoms with Gasteiger partial charge < -0.3 is 15.2 Å². The Balaban J connectivity index is 2.14. The van der Waals surface area contributed by atoms with Crippen molar-refractivity contribution in [1.82, 2.24) is 5.32 Å². The summed E-state index contributed by atoms with van der Waals surface area (Å²) in [5.41, 5.74) is 0. The van der Waals surface area contributed by atoms with Gasteiger partial charge >= 0.3 is 5.97 Å². The molecule has 2 N–H and O–H groups in total. The van der Waals surface area contributed by atoms with Crippen LogP contribution in [0.5, 0.6) is 0 Å². The van der Waals surface area contributed by atoms with Gasteiger partial charge in [0.2, 0.25) is 0 Å². The van der Waals surface area contributed by atoms with Gasteiger partial charge in [-0.3, -0.25) is 4.79 Å². The zero-order chi connectivity index (χ0) is 10.4. The van der Waals surface area contributed by atoms with Gasteiger partial charge in [0.15, 0.2) is 0 Å². The molecule has 1 heterocycles. The molecule has 1 rings (SSSR count). The molecule has 0 aromatic rings. The summed E-state index contributed by atoms with van der Waals surface area (Å²) >= 11 is 0. The number of carbonyl (C=O) groups is 1. The van der Waals surface area contributed by atoms with Gasteiger partial charge in [-0.05, 0) is 19.3 Å². The summed E-state index contributed by atoms with van der Waals surface area (Å²) in [4.78, 5) is 10.3. The molecule has 0 radical (unpaired) electrons. The number of carboxylic acid groups (broad SMARTS) is 1. The molecule has 0 aromatic heterocycles. The van der Waals surface area contributed by atoms with Crippen molar-refractivity contribution in [1.29, 1.82) is 0 Å². The van der Waals surface area contributed by atoms with E-state index in [-0.39, 0.29) is 6.42 Å². The van der Waals surface area contributed by atoms with Gasteiger partial charge in [-0.2, -0.15) is 0 Å². The summed E-state index contributed by atoms with van der Waals surface area (Å²) in [6.07, 6.45) is 3.60. The van der Waals surface area contributed by atoms with E-state index in [0.29, 0.717) is 18.7 Å². The molecule has 1 aliphatic rings. The van der Waals surface area contributed by atoms with Gasteiger partial charge in [-0.25, -0.2) is 0 Å². The first-order valence-electron chi connectivity index (χ1n) is 5.29. The Morgan fingerprint density at radius 1 is 1.64 bits per heavy atom. The van der Waals surface area contributed by atoms with Crippen molar-refractivity contribution in [3.05, 3.63) is 0 Å². The number of hydrogen-bond donors (Lipinski definition) is 2. The standard InChI is InChI=1S/C10H19NO3/c1-2-9-7-8(4-6-14-9)11-5-3-10(12)13/h8-9,11H,2-7H2,1H3,(H,12,13). The van der Waals surface area contributed by atoms with Crippen molar-refractivity contribution in [2.24, 2.45) is 0 Å². The van der Waals surface area contributed by atoms with E-state index in [0.717, 1.165) is 25.9 Å². The molecule has 0 bridgehead atoms. The van der Waals surface area contributed by atoms with E-state index < -0.39 is 5.97 Å². The molecule has 0 saturated carbocycles. The lowest BCUT2D eigenvalue weighted by atomic mass is 10.0. The third-order valence-corrected chi connectivity index (χ3v) is 2.59. The zero-order valence-electron chi connectivity index (χ0n) is 8.66. The van der Waals surface area contributed by atoms with Crippen molar-refractivity contribution in [3.63, 3.8) is 0 Å². The lowest BCUT2D eigenvalue weighted by Crippen LogP contribution is -2.39. The first kappa shape index (κ1) is 11.5. The van der Waals surface area contributed by atoms with Crippen LogP contribution in [0.3, 0.4) is 0 Å². The molecule has 82 valence electrons. The van der Waals surface area contributed by atoms with Gasteiger partial charge in [0.25, 0.3) is 0 Å². The molecule has 0 aromatic carbocycles. The van der Waals surface area contributed by atoms with Crippen LogP contribution in [0.15, 0.2) is 0 Å². The summed E-state index contributed by atoms with van der Waals surface area (Å²) in [6.45, 7) is 3.48. The van der Waals surface area contributed by atoms with Crippen molar-refractivity contribution in [3.8, 4) is 0 Å². The first-order valence-corrected chi connectivity index (χ1v) is 5.29. The Morgan fingerprint density at radius 3 is 3.07 bits per heavy atom. The van der Waals surface area contributed by atoms with E-state index in [2.05, 4.69) is 12.2 Å².